The molecule has 1 aromatic rings. The number of aliphatic hydroxyl groups excluding tert-OH is 1. The summed E-state index contributed by atoms with van der Waals surface area (Å²) in [5.74, 6) is 1.18. The van der Waals surface area contributed by atoms with Gasteiger partial charge in [-0.05, 0) is 45.8 Å². The Morgan fingerprint density at radius 2 is 1.96 bits per heavy atom. The zero-order chi connectivity index (χ0) is 18.8. The van der Waals surface area contributed by atoms with E-state index >= 15 is 0 Å². The lowest BCUT2D eigenvalue weighted by Gasteiger charge is -2.26. The monoisotopic (exact) mass is 363 g/mol. The van der Waals surface area contributed by atoms with E-state index in [1.165, 1.54) is 12.8 Å². The normalized spacial score (nSPS) is 21.5. The number of benzene rings is 1. The van der Waals surface area contributed by atoms with E-state index in [-0.39, 0.29) is 12.2 Å². The third-order valence-electron chi connectivity index (χ3n) is 4.84. The van der Waals surface area contributed by atoms with Crippen LogP contribution in [0.4, 0.5) is 5.69 Å². The molecule has 0 radical (unpaired) electrons. The van der Waals surface area contributed by atoms with Crippen LogP contribution in [0.15, 0.2) is 24.3 Å². The van der Waals surface area contributed by atoms with Gasteiger partial charge in [-0.3, -0.25) is 0 Å². The minimum atomic E-state index is -0.132. The van der Waals surface area contributed by atoms with Gasteiger partial charge in [-0.25, -0.2) is 0 Å². The molecule has 0 aliphatic heterocycles. The van der Waals surface area contributed by atoms with E-state index in [1.54, 1.807) is 0 Å². The highest BCUT2D eigenvalue weighted by atomic mass is 16.6. The molecule has 1 aliphatic rings. The topological polar surface area (TPSA) is 55.9 Å². The summed E-state index contributed by atoms with van der Waals surface area (Å²) in [5.41, 5.74) is 0.735. The molecule has 1 fully saturated rings. The Labute approximate surface area is 158 Å². The summed E-state index contributed by atoms with van der Waals surface area (Å²) in [7, 11) is 4.18. The molecular weight excluding hydrogens is 328 g/mol. The summed E-state index contributed by atoms with van der Waals surface area (Å²) in [6.07, 6.45) is 7.77. The average molecular weight is 364 g/mol. The first-order valence-corrected chi connectivity index (χ1v) is 9.96. The standard InChI is InChI=1S/C21H34N2O3/c1-4-5-15-25-20-14-10-9-12-18(20)22-21(24)26-19-13-8-6-7-11-17(19)16-23(2)3/h9-10,12,14,17,19H,4-8,11,13,15-16H2,1-3H3,(H,22,24)/p+1/t17-,19+/m1/s1. The molecule has 2 rings (SSSR count). The zero-order valence-electron chi connectivity index (χ0n) is 16.5. The van der Waals surface area contributed by atoms with E-state index < -0.39 is 0 Å². The smallest absolute Gasteiger partial charge is 0.487 e. The number of nitrogens with zero attached hydrogens (tertiary/aromatic N) is 1. The number of ether oxygens (including phenoxy) is 2. The molecule has 5 nitrogen and oxygen atoms in total. The Bertz CT molecular complexity index is 560. The minimum absolute atomic E-state index is 0.0422. The number of hydrogen-bond donors (Lipinski definition) is 2. The van der Waals surface area contributed by atoms with E-state index in [9.17, 15) is 5.11 Å². The fourth-order valence-corrected chi connectivity index (χ4v) is 3.49. The summed E-state index contributed by atoms with van der Waals surface area (Å²) in [6.45, 7) is 3.79. The van der Waals surface area contributed by atoms with Gasteiger partial charge in [0, 0.05) is 18.5 Å². The highest BCUT2D eigenvalue weighted by molar-refractivity contribution is 5.60. The van der Waals surface area contributed by atoms with Crippen molar-refractivity contribution in [3.8, 4) is 5.75 Å². The molecule has 0 amide bonds. The Hall–Kier alpha value is -1.75. The van der Waals surface area contributed by atoms with Gasteiger partial charge < -0.3 is 19.5 Å². The van der Waals surface area contributed by atoms with Crippen LogP contribution in [0.5, 0.6) is 5.75 Å². The maximum absolute atomic E-state index is 10.4. The molecule has 0 heterocycles. The van der Waals surface area contributed by atoms with E-state index in [0.717, 1.165) is 50.1 Å². The molecule has 0 aromatic heterocycles. The summed E-state index contributed by atoms with van der Waals surface area (Å²) >= 11 is 0. The minimum Gasteiger partial charge on any atom is -0.487 e. The molecule has 0 bridgehead atoms. The Balaban J connectivity index is 2.05. The largest absolute Gasteiger partial charge is 0.551 e. The fraction of sp³-hybridized carbons (Fsp3) is 0.667. The molecule has 2 atom stereocenters. The van der Waals surface area contributed by atoms with Crippen LogP contribution in [0.25, 0.3) is 0 Å². The number of rotatable bonds is 8. The van der Waals surface area contributed by atoms with Crippen molar-refractivity contribution in [2.75, 3.05) is 27.2 Å². The van der Waals surface area contributed by atoms with Crippen LogP contribution < -0.4 is 9.73 Å². The van der Waals surface area contributed by atoms with Crippen molar-refractivity contribution in [1.29, 1.82) is 0 Å². The SMILES string of the molecule is CCCCOc1ccccc1[NH+]=C(O)O[C@H]1CCCCC[C@@H]1CN(C)C. The van der Waals surface area contributed by atoms with Crippen molar-refractivity contribution in [3.63, 3.8) is 0 Å². The summed E-state index contributed by atoms with van der Waals surface area (Å²) < 4.78 is 11.8. The lowest BCUT2D eigenvalue weighted by atomic mass is 9.97. The lowest BCUT2D eigenvalue weighted by Crippen LogP contribution is -2.68. The van der Waals surface area contributed by atoms with Gasteiger partial charge in [0.05, 0.1) is 6.61 Å². The number of unbranched alkanes of at least 4 members (excludes halogenated alkanes) is 1. The molecule has 0 spiro atoms. The highest BCUT2D eigenvalue weighted by Gasteiger charge is 2.28. The second-order valence-corrected chi connectivity index (χ2v) is 7.44. The van der Waals surface area contributed by atoms with Crippen molar-refractivity contribution in [2.45, 2.75) is 58.0 Å². The first-order valence-electron chi connectivity index (χ1n) is 9.96. The Kier molecular flexibility index (Phi) is 8.75. The lowest BCUT2D eigenvalue weighted by molar-refractivity contribution is -0.385. The molecule has 1 saturated carbocycles. The van der Waals surface area contributed by atoms with E-state index in [1.807, 2.05) is 24.3 Å². The third-order valence-corrected chi connectivity index (χ3v) is 4.84. The summed E-state index contributed by atoms with van der Waals surface area (Å²) in [5, 5.41) is 10.4. The Morgan fingerprint density at radius 1 is 1.19 bits per heavy atom. The average Bonchev–Trinajstić information content (AvgIpc) is 2.81. The molecule has 26 heavy (non-hydrogen) atoms. The quantitative estimate of drug-likeness (QED) is 0.323. The number of para-hydroxylation sites is 2. The van der Waals surface area contributed by atoms with Gasteiger partial charge in [0.25, 0.3) is 5.69 Å². The van der Waals surface area contributed by atoms with Gasteiger partial charge in [-0.1, -0.05) is 38.3 Å². The van der Waals surface area contributed by atoms with Crippen LogP contribution in [-0.2, 0) is 4.74 Å². The van der Waals surface area contributed by atoms with Gasteiger partial charge in [-0.15, -0.1) is 4.99 Å². The highest BCUT2D eigenvalue weighted by Crippen LogP contribution is 2.26. The number of nitrogens with one attached hydrogen (secondary N) is 1. The van der Waals surface area contributed by atoms with Crippen molar-refractivity contribution < 1.29 is 19.6 Å². The van der Waals surface area contributed by atoms with Crippen molar-refractivity contribution >= 4 is 11.8 Å². The van der Waals surface area contributed by atoms with Crippen molar-refractivity contribution in [1.82, 2.24) is 4.90 Å². The second-order valence-electron chi connectivity index (χ2n) is 7.44. The maximum Gasteiger partial charge on any atom is 0.551 e. The van der Waals surface area contributed by atoms with Gasteiger partial charge in [0.2, 0.25) is 0 Å². The summed E-state index contributed by atoms with van der Waals surface area (Å²) in [6, 6.07) is 7.66. The third kappa shape index (κ3) is 6.87. The van der Waals surface area contributed by atoms with Crippen LogP contribution in [0.2, 0.25) is 0 Å². The predicted octanol–water partition coefficient (Wildman–Crippen LogP) is 3.02. The second kappa shape index (κ2) is 11.1. The molecule has 0 saturated heterocycles. The number of hydrogen-bond acceptors (Lipinski definition) is 3. The molecular formula is C21H35N2O3+. The molecule has 1 aromatic carbocycles. The van der Waals surface area contributed by atoms with Crippen molar-refractivity contribution in [2.24, 2.45) is 5.92 Å². The molecule has 0 unspecified atom stereocenters. The maximum atomic E-state index is 10.4. The Morgan fingerprint density at radius 3 is 2.73 bits per heavy atom. The summed E-state index contributed by atoms with van der Waals surface area (Å²) in [4.78, 5) is 5.19. The van der Waals surface area contributed by atoms with Crippen LogP contribution in [0, 0.1) is 5.92 Å². The van der Waals surface area contributed by atoms with Gasteiger partial charge in [0.15, 0.2) is 5.75 Å². The zero-order valence-corrected chi connectivity index (χ0v) is 16.5. The van der Waals surface area contributed by atoms with Crippen LogP contribution in [-0.4, -0.2) is 49.4 Å². The predicted molar refractivity (Wildman–Crippen MR) is 105 cm³/mol. The molecule has 146 valence electrons. The molecule has 5 heteroatoms. The van der Waals surface area contributed by atoms with Crippen LogP contribution >= 0.6 is 0 Å². The van der Waals surface area contributed by atoms with E-state index in [0.29, 0.717) is 12.5 Å². The van der Waals surface area contributed by atoms with Crippen LogP contribution in [0.3, 0.4) is 0 Å². The van der Waals surface area contributed by atoms with Crippen molar-refractivity contribution in [3.05, 3.63) is 24.3 Å². The number of aliphatic hydroxyl groups is 1. The first-order chi connectivity index (χ1) is 12.6. The van der Waals surface area contributed by atoms with E-state index in [2.05, 4.69) is 30.9 Å². The van der Waals surface area contributed by atoms with Gasteiger partial charge >= 0.3 is 6.08 Å². The molecule has 1 aliphatic carbocycles. The van der Waals surface area contributed by atoms with Crippen LogP contribution in [0.1, 0.15) is 51.9 Å². The molecule has 2 N–H and O–H groups in total. The first kappa shape index (κ1) is 20.6. The van der Waals surface area contributed by atoms with Gasteiger partial charge in [-0.2, -0.15) is 0 Å². The fourth-order valence-electron chi connectivity index (χ4n) is 3.49. The van der Waals surface area contributed by atoms with Gasteiger partial charge in [0.1, 0.15) is 6.10 Å². The van der Waals surface area contributed by atoms with E-state index in [4.69, 9.17) is 9.47 Å².